The third kappa shape index (κ3) is 4.99. The fraction of sp³-hybridized carbons (Fsp3) is 0.250. The minimum absolute atomic E-state index is 0.0648. The molecule has 1 saturated heterocycles. The number of rotatable bonds is 6. The van der Waals surface area contributed by atoms with Crippen molar-refractivity contribution < 1.29 is 23.9 Å². The Balaban J connectivity index is 1.50. The smallest absolute Gasteiger partial charge is 0.259 e. The van der Waals surface area contributed by atoms with Crippen molar-refractivity contribution in [1.29, 1.82) is 0 Å². The zero-order valence-corrected chi connectivity index (χ0v) is 21.5. The number of benzene rings is 3. The highest BCUT2D eigenvalue weighted by molar-refractivity contribution is 7.99. The molecule has 3 aromatic carbocycles. The van der Waals surface area contributed by atoms with Gasteiger partial charge in [0.25, 0.3) is 11.8 Å². The van der Waals surface area contributed by atoms with Crippen LogP contribution < -0.4 is 19.7 Å². The van der Waals surface area contributed by atoms with Crippen molar-refractivity contribution in [3.8, 4) is 11.5 Å². The van der Waals surface area contributed by atoms with Crippen molar-refractivity contribution in [3.63, 3.8) is 0 Å². The quantitative estimate of drug-likeness (QED) is 0.511. The summed E-state index contributed by atoms with van der Waals surface area (Å²) in [7, 11) is 3.05. The average Bonchev–Trinajstić information content (AvgIpc) is 3.43. The first-order valence-electron chi connectivity index (χ1n) is 12.0. The predicted molar refractivity (Wildman–Crippen MR) is 142 cm³/mol. The molecule has 8 nitrogen and oxygen atoms in total. The van der Waals surface area contributed by atoms with Gasteiger partial charge in [-0.05, 0) is 55.3 Å². The Morgan fingerprint density at radius 3 is 2.49 bits per heavy atom. The van der Waals surface area contributed by atoms with E-state index in [1.807, 2.05) is 23.1 Å². The van der Waals surface area contributed by atoms with E-state index in [0.29, 0.717) is 34.0 Å². The first kappa shape index (κ1) is 24.7. The number of nitrogens with one attached hydrogen (secondary N) is 1. The summed E-state index contributed by atoms with van der Waals surface area (Å²) in [6.45, 7) is 1.20. The minimum atomic E-state index is -0.411. The molecule has 0 atom stereocenters. The number of fused-ring (bicyclic) bond motifs is 2. The summed E-state index contributed by atoms with van der Waals surface area (Å²) < 4.78 is 10.6. The molecular weight excluding hydrogens is 490 g/mol. The molecule has 5 rings (SSSR count). The van der Waals surface area contributed by atoms with E-state index in [0.717, 1.165) is 35.7 Å². The molecule has 2 heterocycles. The topological polar surface area (TPSA) is 88.2 Å². The number of carbonyl (C=O) groups excluding carboxylic acids is 3. The van der Waals surface area contributed by atoms with Crippen LogP contribution in [0.15, 0.2) is 70.5 Å². The average molecular weight is 518 g/mol. The monoisotopic (exact) mass is 517 g/mol. The van der Waals surface area contributed by atoms with Crippen LogP contribution in [0.2, 0.25) is 0 Å². The van der Waals surface area contributed by atoms with E-state index in [9.17, 15) is 14.4 Å². The number of hydrogen-bond acceptors (Lipinski definition) is 6. The Bertz CT molecular complexity index is 1370. The molecule has 0 spiro atoms. The largest absolute Gasteiger partial charge is 0.497 e. The van der Waals surface area contributed by atoms with Crippen molar-refractivity contribution in [2.45, 2.75) is 22.6 Å². The Morgan fingerprint density at radius 1 is 0.946 bits per heavy atom. The van der Waals surface area contributed by atoms with Crippen LogP contribution in [-0.2, 0) is 4.79 Å². The summed E-state index contributed by atoms with van der Waals surface area (Å²) >= 11 is 1.45. The van der Waals surface area contributed by atoms with Gasteiger partial charge in [0.1, 0.15) is 18.0 Å². The Morgan fingerprint density at radius 2 is 1.73 bits per heavy atom. The molecule has 3 amide bonds. The van der Waals surface area contributed by atoms with E-state index >= 15 is 0 Å². The van der Waals surface area contributed by atoms with E-state index in [2.05, 4.69) is 5.32 Å². The van der Waals surface area contributed by atoms with Crippen LogP contribution in [0.3, 0.4) is 0 Å². The van der Waals surface area contributed by atoms with Crippen molar-refractivity contribution in [1.82, 2.24) is 4.90 Å². The lowest BCUT2D eigenvalue weighted by Crippen LogP contribution is -2.38. The summed E-state index contributed by atoms with van der Waals surface area (Å²) in [5, 5.41) is 2.84. The molecule has 0 aromatic heterocycles. The molecule has 37 heavy (non-hydrogen) atoms. The number of hydrogen-bond donors (Lipinski definition) is 1. The lowest BCUT2D eigenvalue weighted by Gasteiger charge is -2.24. The molecule has 0 bridgehead atoms. The standard InChI is InChI=1S/C28H27N3O5S/c1-35-19-10-11-23(36-2)21(16-19)29-26(32)17-31-22-15-18(27(33)30-13-5-6-14-30)9-12-25(22)37-24-8-4-3-7-20(24)28(31)34/h3-4,7-12,15-16H,5-6,13-14,17H2,1-2H3,(H,29,32). The number of likely N-dealkylation sites (tertiary alicyclic amines) is 1. The zero-order valence-electron chi connectivity index (χ0n) is 20.7. The number of methoxy groups -OCH3 is 2. The SMILES string of the molecule is COc1ccc(OC)c(NC(=O)CN2C(=O)c3ccccc3Sc3ccc(C(=O)N4CCCC4)cc32)c1. The number of amides is 3. The van der Waals surface area contributed by atoms with Crippen LogP contribution in [0.25, 0.3) is 0 Å². The molecule has 0 saturated carbocycles. The van der Waals surface area contributed by atoms with E-state index in [4.69, 9.17) is 9.47 Å². The lowest BCUT2D eigenvalue weighted by molar-refractivity contribution is -0.114. The highest BCUT2D eigenvalue weighted by Crippen LogP contribution is 2.42. The van der Waals surface area contributed by atoms with E-state index in [1.54, 1.807) is 42.5 Å². The maximum atomic E-state index is 13.7. The second kappa shape index (κ2) is 10.6. The fourth-order valence-electron chi connectivity index (χ4n) is 4.56. The molecule has 0 radical (unpaired) electrons. The van der Waals surface area contributed by atoms with Crippen LogP contribution >= 0.6 is 11.8 Å². The highest BCUT2D eigenvalue weighted by atomic mass is 32.2. The summed E-state index contributed by atoms with van der Waals surface area (Å²) in [4.78, 5) is 45.0. The van der Waals surface area contributed by atoms with Crippen molar-refractivity contribution >= 4 is 40.9 Å². The molecule has 0 unspecified atom stereocenters. The molecular formula is C28H27N3O5S. The van der Waals surface area contributed by atoms with Gasteiger partial charge in [-0.3, -0.25) is 19.3 Å². The number of ether oxygens (including phenoxy) is 2. The molecule has 1 fully saturated rings. The van der Waals surface area contributed by atoms with E-state index in [1.165, 1.54) is 30.9 Å². The first-order valence-corrected chi connectivity index (χ1v) is 12.8. The summed E-state index contributed by atoms with van der Waals surface area (Å²) in [6, 6.07) is 17.8. The molecule has 2 aliphatic heterocycles. The molecule has 0 aliphatic carbocycles. The maximum Gasteiger partial charge on any atom is 0.259 e. The van der Waals surface area contributed by atoms with Gasteiger partial charge in [0, 0.05) is 34.5 Å². The molecule has 3 aromatic rings. The lowest BCUT2D eigenvalue weighted by atomic mass is 10.1. The first-order chi connectivity index (χ1) is 18.0. The predicted octanol–water partition coefficient (Wildman–Crippen LogP) is 4.69. The Labute approximate surface area is 219 Å². The van der Waals surface area contributed by atoms with Gasteiger partial charge in [-0.25, -0.2) is 0 Å². The van der Waals surface area contributed by atoms with Gasteiger partial charge in [0.15, 0.2) is 0 Å². The Hall–Kier alpha value is -3.98. The van der Waals surface area contributed by atoms with Gasteiger partial charge in [-0.2, -0.15) is 0 Å². The second-order valence-electron chi connectivity index (χ2n) is 8.79. The molecule has 190 valence electrons. The summed E-state index contributed by atoms with van der Waals surface area (Å²) in [5.41, 5.74) is 1.97. The van der Waals surface area contributed by atoms with Gasteiger partial charge in [-0.15, -0.1) is 0 Å². The van der Waals surface area contributed by atoms with Crippen molar-refractivity contribution in [2.24, 2.45) is 0 Å². The summed E-state index contributed by atoms with van der Waals surface area (Å²) in [5.74, 6) is 0.246. The van der Waals surface area contributed by atoms with Crippen LogP contribution in [0.4, 0.5) is 11.4 Å². The third-order valence-electron chi connectivity index (χ3n) is 6.45. The number of anilines is 2. The van der Waals surface area contributed by atoms with E-state index < -0.39 is 5.91 Å². The number of carbonyl (C=O) groups is 3. The van der Waals surface area contributed by atoms with Crippen LogP contribution in [0, 0.1) is 0 Å². The third-order valence-corrected chi connectivity index (χ3v) is 7.60. The zero-order chi connectivity index (χ0) is 25.9. The van der Waals surface area contributed by atoms with Crippen molar-refractivity contribution in [3.05, 3.63) is 71.8 Å². The van der Waals surface area contributed by atoms with Gasteiger partial charge >= 0.3 is 0 Å². The molecule has 9 heteroatoms. The Kier molecular flexibility index (Phi) is 7.05. The van der Waals surface area contributed by atoms with Gasteiger partial charge in [0.2, 0.25) is 5.91 Å². The minimum Gasteiger partial charge on any atom is -0.497 e. The van der Waals surface area contributed by atoms with Gasteiger partial charge in [0.05, 0.1) is 31.2 Å². The van der Waals surface area contributed by atoms with Crippen molar-refractivity contribution in [2.75, 3.05) is 44.1 Å². The second-order valence-corrected chi connectivity index (χ2v) is 9.87. The van der Waals surface area contributed by atoms with Crippen LogP contribution in [0.5, 0.6) is 11.5 Å². The molecule has 1 N–H and O–H groups in total. The van der Waals surface area contributed by atoms with Crippen LogP contribution in [0.1, 0.15) is 33.6 Å². The van der Waals surface area contributed by atoms with Crippen LogP contribution in [-0.4, -0.2) is 56.5 Å². The van der Waals surface area contributed by atoms with Gasteiger partial charge in [-0.1, -0.05) is 23.9 Å². The van der Waals surface area contributed by atoms with Gasteiger partial charge < -0.3 is 19.7 Å². The summed E-state index contributed by atoms with van der Waals surface area (Å²) in [6.07, 6.45) is 1.97. The molecule has 2 aliphatic rings. The fourth-order valence-corrected chi connectivity index (χ4v) is 5.62. The van der Waals surface area contributed by atoms with E-state index in [-0.39, 0.29) is 18.4 Å². The normalized spacial score (nSPS) is 14.5. The highest BCUT2D eigenvalue weighted by Gasteiger charge is 2.30. The maximum absolute atomic E-state index is 13.7. The number of nitrogens with zero attached hydrogens (tertiary/aromatic N) is 2.